The van der Waals surface area contributed by atoms with Crippen LogP contribution in [0, 0.1) is 11.8 Å². The average molecular weight is 426 g/mol. The highest BCUT2D eigenvalue weighted by Gasteiger charge is 2.71. The second-order valence-electron chi connectivity index (χ2n) is 6.72. The highest BCUT2D eigenvalue weighted by molar-refractivity contribution is 9.10. The first-order valence-electron chi connectivity index (χ1n) is 8.50. The van der Waals surface area contributed by atoms with Gasteiger partial charge in [0.05, 0.1) is 24.8 Å². The van der Waals surface area contributed by atoms with Crippen molar-refractivity contribution in [3.63, 3.8) is 0 Å². The van der Waals surface area contributed by atoms with Gasteiger partial charge in [0, 0.05) is 36.0 Å². The molecule has 138 valence electrons. The van der Waals surface area contributed by atoms with Gasteiger partial charge in [0.2, 0.25) is 0 Å². The van der Waals surface area contributed by atoms with Crippen LogP contribution in [-0.4, -0.2) is 41.1 Å². The first-order valence-corrected chi connectivity index (χ1v) is 9.29. The van der Waals surface area contributed by atoms with Gasteiger partial charge >= 0.3 is 5.97 Å². The van der Waals surface area contributed by atoms with Gasteiger partial charge in [0.1, 0.15) is 0 Å². The summed E-state index contributed by atoms with van der Waals surface area (Å²) in [7, 11) is 0. The van der Waals surface area contributed by atoms with Crippen LogP contribution in [0.4, 0.5) is 14.5 Å². The van der Waals surface area contributed by atoms with Gasteiger partial charge in [-0.25, -0.2) is 18.6 Å². The molecule has 2 heterocycles. The quantitative estimate of drug-likeness (QED) is 0.686. The van der Waals surface area contributed by atoms with Crippen molar-refractivity contribution in [3.8, 4) is 0 Å². The number of hydrogen-bond donors (Lipinski definition) is 0. The van der Waals surface area contributed by atoms with Crippen molar-refractivity contribution in [3.05, 3.63) is 46.5 Å². The van der Waals surface area contributed by atoms with E-state index in [0.717, 1.165) is 15.7 Å². The zero-order valence-corrected chi connectivity index (χ0v) is 15.7. The van der Waals surface area contributed by atoms with Gasteiger partial charge in [0.25, 0.3) is 5.92 Å². The molecular weight excluding hydrogens is 408 g/mol. The molecule has 2 aromatic rings. The molecule has 1 aliphatic heterocycles. The molecule has 26 heavy (non-hydrogen) atoms. The van der Waals surface area contributed by atoms with Crippen LogP contribution >= 0.6 is 15.9 Å². The predicted octanol–water partition coefficient (Wildman–Crippen LogP) is 3.57. The SMILES string of the molecule is CCOC(=O)c1cn(Cc2ccc(N3CC4C(C3)C4(F)F)cc2Br)cn1. The Labute approximate surface area is 158 Å². The van der Waals surface area contributed by atoms with Crippen LogP contribution in [0.25, 0.3) is 0 Å². The van der Waals surface area contributed by atoms with Gasteiger partial charge in [0.15, 0.2) is 5.69 Å². The summed E-state index contributed by atoms with van der Waals surface area (Å²) in [6.45, 7) is 3.42. The molecular formula is C18H18BrF2N3O2. The largest absolute Gasteiger partial charge is 0.461 e. The molecule has 2 aliphatic rings. The van der Waals surface area contributed by atoms with Crippen molar-refractivity contribution < 1.29 is 18.3 Å². The number of carbonyl (C=O) groups is 1. The Balaban J connectivity index is 1.43. The van der Waals surface area contributed by atoms with E-state index in [-0.39, 0.29) is 5.69 Å². The number of benzene rings is 1. The lowest BCUT2D eigenvalue weighted by Crippen LogP contribution is -2.27. The number of nitrogens with zero attached hydrogens (tertiary/aromatic N) is 3. The normalized spacial score (nSPS) is 23.0. The Morgan fingerprint density at radius 2 is 2.12 bits per heavy atom. The molecule has 8 heteroatoms. The molecule has 4 rings (SSSR count). The number of fused-ring (bicyclic) bond motifs is 1. The first kappa shape index (κ1) is 17.5. The zero-order valence-electron chi connectivity index (χ0n) is 14.2. The van der Waals surface area contributed by atoms with Crippen molar-refractivity contribution in [1.29, 1.82) is 0 Å². The summed E-state index contributed by atoms with van der Waals surface area (Å²) in [5.41, 5.74) is 2.23. The van der Waals surface area contributed by atoms with Crippen LogP contribution in [0.3, 0.4) is 0 Å². The van der Waals surface area contributed by atoms with E-state index >= 15 is 0 Å². The standard InChI is InChI=1S/C18H18BrF2N3O2/c1-2-26-17(25)16-9-23(10-22-16)6-11-3-4-12(5-15(11)19)24-7-13-14(8-24)18(13,20)21/h3-5,9-10,13-14H,2,6-8H2,1H3. The van der Waals surface area contributed by atoms with Gasteiger partial charge in [-0.3, -0.25) is 0 Å². The Morgan fingerprint density at radius 3 is 2.77 bits per heavy atom. The number of rotatable bonds is 5. The minimum atomic E-state index is -2.47. The zero-order chi connectivity index (χ0) is 18.5. The van der Waals surface area contributed by atoms with E-state index in [4.69, 9.17) is 4.74 Å². The number of esters is 1. The van der Waals surface area contributed by atoms with E-state index in [0.29, 0.717) is 26.2 Å². The fourth-order valence-corrected chi connectivity index (χ4v) is 4.03. The number of piperidine rings is 1. The van der Waals surface area contributed by atoms with Crippen LogP contribution < -0.4 is 4.90 Å². The van der Waals surface area contributed by atoms with E-state index in [9.17, 15) is 13.6 Å². The van der Waals surface area contributed by atoms with Crippen molar-refractivity contribution in [2.24, 2.45) is 11.8 Å². The van der Waals surface area contributed by atoms with E-state index in [1.165, 1.54) is 0 Å². The third kappa shape index (κ3) is 3.00. The van der Waals surface area contributed by atoms with Crippen molar-refractivity contribution in [2.45, 2.75) is 19.4 Å². The number of aromatic nitrogens is 2. The maximum atomic E-state index is 13.3. The molecule has 0 radical (unpaired) electrons. The number of anilines is 1. The highest BCUT2D eigenvalue weighted by atomic mass is 79.9. The summed E-state index contributed by atoms with van der Waals surface area (Å²) in [5.74, 6) is -3.89. The molecule has 2 unspecified atom stereocenters. The Hall–Kier alpha value is -1.96. The monoisotopic (exact) mass is 425 g/mol. The summed E-state index contributed by atoms with van der Waals surface area (Å²) in [4.78, 5) is 17.8. The molecule has 0 bridgehead atoms. The molecule has 1 aliphatic carbocycles. The Bertz CT molecular complexity index is 841. The molecule has 0 amide bonds. The minimum Gasteiger partial charge on any atom is -0.461 e. The summed E-state index contributed by atoms with van der Waals surface area (Å²) in [6.07, 6.45) is 3.23. The molecule has 0 spiro atoms. The van der Waals surface area contributed by atoms with Crippen LogP contribution in [0.15, 0.2) is 35.2 Å². The number of ether oxygens (including phenoxy) is 1. The minimum absolute atomic E-state index is 0.275. The Morgan fingerprint density at radius 1 is 1.38 bits per heavy atom. The van der Waals surface area contributed by atoms with Gasteiger partial charge in [-0.15, -0.1) is 0 Å². The molecule has 1 aromatic carbocycles. The van der Waals surface area contributed by atoms with Gasteiger partial charge in [-0.1, -0.05) is 22.0 Å². The smallest absolute Gasteiger partial charge is 0.358 e. The second kappa shape index (κ2) is 6.33. The lowest BCUT2D eigenvalue weighted by molar-refractivity contribution is 0.0520. The van der Waals surface area contributed by atoms with Gasteiger partial charge in [-0.05, 0) is 24.6 Å². The number of alkyl halides is 2. The number of hydrogen-bond acceptors (Lipinski definition) is 4. The van der Waals surface area contributed by atoms with Crippen LogP contribution in [0.1, 0.15) is 23.0 Å². The predicted molar refractivity (Wildman–Crippen MR) is 95.6 cm³/mol. The van der Waals surface area contributed by atoms with Gasteiger partial charge < -0.3 is 14.2 Å². The third-order valence-corrected chi connectivity index (χ3v) is 5.81. The summed E-state index contributed by atoms with van der Waals surface area (Å²) < 4.78 is 34.3. The maximum Gasteiger partial charge on any atom is 0.358 e. The van der Waals surface area contributed by atoms with Crippen molar-refractivity contribution >= 4 is 27.6 Å². The summed E-state index contributed by atoms with van der Waals surface area (Å²) in [5, 5.41) is 0. The molecule has 2 fully saturated rings. The topological polar surface area (TPSA) is 47.4 Å². The fourth-order valence-electron chi connectivity index (χ4n) is 3.53. The molecule has 0 N–H and O–H groups in total. The molecule has 1 aromatic heterocycles. The summed E-state index contributed by atoms with van der Waals surface area (Å²) in [6, 6.07) is 5.87. The maximum absolute atomic E-state index is 13.3. The number of halogens is 3. The third-order valence-electron chi connectivity index (χ3n) is 5.07. The van der Waals surface area contributed by atoms with E-state index in [1.807, 2.05) is 23.1 Å². The number of imidazole rings is 1. The molecule has 1 saturated heterocycles. The fraction of sp³-hybridized carbons (Fsp3) is 0.444. The van der Waals surface area contributed by atoms with Crippen molar-refractivity contribution in [2.75, 3.05) is 24.6 Å². The lowest BCUT2D eigenvalue weighted by atomic mass is 10.2. The van der Waals surface area contributed by atoms with Crippen LogP contribution in [0.2, 0.25) is 0 Å². The average Bonchev–Trinajstić information content (AvgIpc) is 3.05. The van der Waals surface area contributed by atoms with Crippen LogP contribution in [-0.2, 0) is 11.3 Å². The number of carbonyl (C=O) groups excluding carboxylic acids is 1. The molecule has 5 nitrogen and oxygen atoms in total. The van der Waals surface area contributed by atoms with Crippen molar-refractivity contribution in [1.82, 2.24) is 9.55 Å². The lowest BCUT2D eigenvalue weighted by Gasteiger charge is -2.22. The van der Waals surface area contributed by atoms with Crippen LogP contribution in [0.5, 0.6) is 0 Å². The molecule has 2 atom stereocenters. The first-order chi connectivity index (χ1) is 12.4. The Kier molecular flexibility index (Phi) is 4.25. The highest BCUT2D eigenvalue weighted by Crippen LogP contribution is 2.59. The van der Waals surface area contributed by atoms with Gasteiger partial charge in [-0.2, -0.15) is 0 Å². The van der Waals surface area contributed by atoms with E-state index in [2.05, 4.69) is 20.9 Å². The summed E-state index contributed by atoms with van der Waals surface area (Å²) >= 11 is 3.56. The van der Waals surface area contributed by atoms with E-state index in [1.54, 1.807) is 24.0 Å². The second-order valence-corrected chi connectivity index (χ2v) is 7.57. The molecule has 1 saturated carbocycles. The van der Waals surface area contributed by atoms with E-state index < -0.39 is 23.7 Å².